The minimum Gasteiger partial charge on any atom is -0.506 e. The quantitative estimate of drug-likeness (QED) is 0.213. The molecule has 0 aliphatic heterocycles. The smallest absolute Gasteiger partial charge is 0.133 e. The summed E-state index contributed by atoms with van der Waals surface area (Å²) in [6.07, 6.45) is 0. The molecule has 0 aliphatic rings. The van der Waals surface area contributed by atoms with Crippen molar-refractivity contribution in [2.24, 2.45) is 0 Å². The topological polar surface area (TPSA) is 20.2 Å². The van der Waals surface area contributed by atoms with Crippen molar-refractivity contribution in [3.8, 4) is 28.3 Å². The van der Waals surface area contributed by atoms with E-state index in [4.69, 9.17) is 0 Å². The Hall–Kier alpha value is -2.58. The molecule has 0 fully saturated rings. The summed E-state index contributed by atoms with van der Waals surface area (Å²) in [4.78, 5) is 0. The van der Waals surface area contributed by atoms with Gasteiger partial charge in [0.25, 0.3) is 0 Å². The first-order chi connectivity index (χ1) is 13.9. The molecule has 2 aromatic heterocycles. The first kappa shape index (κ1) is 18.4. The highest BCUT2D eigenvalue weighted by molar-refractivity contribution is 7.36. The summed E-state index contributed by atoms with van der Waals surface area (Å²) in [5.74, 6) is 3.81. The summed E-state index contributed by atoms with van der Waals surface area (Å²) in [6, 6.07) is 20.8. The summed E-state index contributed by atoms with van der Waals surface area (Å²) in [7, 11) is -1.48. The van der Waals surface area contributed by atoms with E-state index in [0.29, 0.717) is 5.75 Å². The van der Waals surface area contributed by atoms with E-state index in [-0.39, 0.29) is 0 Å². The number of aromatic hydroxyl groups is 1. The molecule has 5 rings (SSSR count). The van der Waals surface area contributed by atoms with Crippen molar-refractivity contribution in [2.45, 2.75) is 19.6 Å². The van der Waals surface area contributed by atoms with E-state index >= 15 is 0 Å². The molecule has 142 valence electrons. The Bertz CT molecular complexity index is 1460. The van der Waals surface area contributed by atoms with Gasteiger partial charge in [0.2, 0.25) is 0 Å². The molecule has 3 aromatic carbocycles. The molecule has 0 bridgehead atoms. The molecule has 1 N–H and O–H groups in total. The highest BCUT2D eigenvalue weighted by Gasteiger charge is 2.19. The molecular formula is C25H20OS2Si. The van der Waals surface area contributed by atoms with E-state index in [1.807, 2.05) is 23.5 Å². The molecule has 0 aliphatic carbocycles. The third kappa shape index (κ3) is 3.16. The van der Waals surface area contributed by atoms with Crippen LogP contribution in [-0.4, -0.2) is 13.2 Å². The number of rotatable bonds is 1. The summed E-state index contributed by atoms with van der Waals surface area (Å²) in [5.41, 5.74) is 6.85. The van der Waals surface area contributed by atoms with Crippen molar-refractivity contribution < 1.29 is 5.11 Å². The average Bonchev–Trinajstić information content (AvgIpc) is 3.24. The third-order valence-corrected chi connectivity index (χ3v) is 8.35. The monoisotopic (exact) mass is 428 g/mol. The first-order valence-electron chi connectivity index (χ1n) is 9.61. The minimum absolute atomic E-state index is 0.354. The summed E-state index contributed by atoms with van der Waals surface area (Å²) in [6.45, 7) is 6.79. The summed E-state index contributed by atoms with van der Waals surface area (Å²) >= 11 is 3.50. The summed E-state index contributed by atoms with van der Waals surface area (Å²) < 4.78 is 4.76. The van der Waals surface area contributed by atoms with Crippen molar-refractivity contribution in [1.29, 1.82) is 0 Å². The van der Waals surface area contributed by atoms with Crippen LogP contribution in [0.2, 0.25) is 19.6 Å². The van der Waals surface area contributed by atoms with E-state index in [0.717, 1.165) is 26.8 Å². The van der Waals surface area contributed by atoms with Crippen LogP contribution in [0.15, 0.2) is 60.7 Å². The zero-order chi connectivity index (χ0) is 20.2. The van der Waals surface area contributed by atoms with Gasteiger partial charge < -0.3 is 5.11 Å². The number of benzene rings is 3. The predicted octanol–water partition coefficient (Wildman–Crippen LogP) is 7.87. The molecule has 4 heteroatoms. The maximum atomic E-state index is 10.6. The Balaban J connectivity index is 1.86. The van der Waals surface area contributed by atoms with Gasteiger partial charge in [0.1, 0.15) is 13.8 Å². The van der Waals surface area contributed by atoms with Gasteiger partial charge >= 0.3 is 0 Å². The Morgan fingerprint density at radius 2 is 1.52 bits per heavy atom. The van der Waals surface area contributed by atoms with Gasteiger partial charge in [0, 0.05) is 21.0 Å². The van der Waals surface area contributed by atoms with E-state index in [2.05, 4.69) is 79.6 Å². The Labute approximate surface area is 179 Å². The second kappa shape index (κ2) is 6.74. The van der Waals surface area contributed by atoms with Crippen molar-refractivity contribution in [3.05, 3.63) is 66.2 Å². The van der Waals surface area contributed by atoms with Crippen LogP contribution in [0.5, 0.6) is 5.75 Å². The molecule has 1 nitrogen and oxygen atoms in total. The SMILES string of the molecule is C[Si](C)(C)C#Cc1ccccc1-c1ccc(O)c2sc3c4ccccc4sc3c12. The molecule has 0 atom stereocenters. The van der Waals surface area contributed by atoms with Crippen LogP contribution >= 0.6 is 22.7 Å². The van der Waals surface area contributed by atoms with Crippen LogP contribution < -0.4 is 0 Å². The lowest BCUT2D eigenvalue weighted by molar-refractivity contribution is 0.482. The van der Waals surface area contributed by atoms with Gasteiger partial charge in [-0.1, -0.05) is 62.0 Å². The van der Waals surface area contributed by atoms with Crippen molar-refractivity contribution in [2.75, 3.05) is 0 Å². The first-order valence-corrected chi connectivity index (χ1v) is 14.7. The van der Waals surface area contributed by atoms with Crippen LogP contribution in [0, 0.1) is 11.5 Å². The number of thiophene rings is 2. The zero-order valence-corrected chi connectivity index (χ0v) is 19.2. The fraction of sp³-hybridized carbons (Fsp3) is 0.120. The molecule has 5 aromatic rings. The number of hydrogen-bond acceptors (Lipinski definition) is 3. The molecule has 0 spiro atoms. The highest BCUT2D eigenvalue weighted by atomic mass is 32.1. The van der Waals surface area contributed by atoms with Gasteiger partial charge in [0.05, 0.1) is 14.1 Å². The van der Waals surface area contributed by atoms with Crippen LogP contribution in [0.4, 0.5) is 0 Å². The second-order valence-electron chi connectivity index (χ2n) is 8.24. The van der Waals surface area contributed by atoms with Gasteiger partial charge in [-0.05, 0) is 35.4 Å². The van der Waals surface area contributed by atoms with Crippen LogP contribution in [0.1, 0.15) is 5.56 Å². The maximum absolute atomic E-state index is 10.6. The highest BCUT2D eigenvalue weighted by Crippen LogP contribution is 2.50. The van der Waals surface area contributed by atoms with Crippen LogP contribution in [-0.2, 0) is 0 Å². The number of fused-ring (bicyclic) bond motifs is 5. The van der Waals surface area contributed by atoms with Crippen LogP contribution in [0.3, 0.4) is 0 Å². The summed E-state index contributed by atoms with van der Waals surface area (Å²) in [5, 5.41) is 13.0. The van der Waals surface area contributed by atoms with E-state index in [9.17, 15) is 5.11 Å². The Morgan fingerprint density at radius 1 is 0.759 bits per heavy atom. The fourth-order valence-electron chi connectivity index (χ4n) is 3.60. The van der Waals surface area contributed by atoms with E-state index < -0.39 is 8.07 Å². The molecule has 0 unspecified atom stereocenters. The number of phenols is 1. The van der Waals surface area contributed by atoms with Crippen molar-refractivity contribution in [1.82, 2.24) is 0 Å². The molecule has 29 heavy (non-hydrogen) atoms. The fourth-order valence-corrected chi connectivity index (χ4v) is 6.82. The lowest BCUT2D eigenvalue weighted by atomic mass is 9.97. The molecule has 0 saturated heterocycles. The number of phenolic OH excluding ortho intramolecular Hbond substituents is 1. The van der Waals surface area contributed by atoms with Gasteiger partial charge in [0.15, 0.2) is 0 Å². The van der Waals surface area contributed by atoms with Gasteiger partial charge in [-0.15, -0.1) is 28.2 Å². The largest absolute Gasteiger partial charge is 0.506 e. The Morgan fingerprint density at radius 3 is 2.34 bits per heavy atom. The predicted molar refractivity (Wildman–Crippen MR) is 132 cm³/mol. The average molecular weight is 429 g/mol. The molecule has 2 heterocycles. The lowest BCUT2D eigenvalue weighted by Gasteiger charge is -2.09. The standard InChI is InChI=1S/C25H20OS2Si/c1-29(2,3)15-14-16-8-4-5-9-17(16)18-12-13-20(26)24-22(18)25-23(28-24)19-10-6-7-11-21(19)27-25/h4-13,26H,1-3H3. The molecule has 0 radical (unpaired) electrons. The maximum Gasteiger partial charge on any atom is 0.133 e. The Kier molecular flexibility index (Phi) is 4.29. The van der Waals surface area contributed by atoms with Gasteiger partial charge in [-0.2, -0.15) is 0 Å². The van der Waals surface area contributed by atoms with Gasteiger partial charge in [-0.3, -0.25) is 0 Å². The van der Waals surface area contributed by atoms with Gasteiger partial charge in [-0.25, -0.2) is 0 Å². The molecular weight excluding hydrogens is 408 g/mol. The van der Waals surface area contributed by atoms with Crippen molar-refractivity contribution >= 4 is 60.3 Å². The molecule has 0 saturated carbocycles. The van der Waals surface area contributed by atoms with Crippen LogP contribution in [0.25, 0.3) is 40.7 Å². The van der Waals surface area contributed by atoms with Crippen molar-refractivity contribution in [3.63, 3.8) is 0 Å². The number of hydrogen-bond donors (Lipinski definition) is 1. The molecule has 0 amide bonds. The van der Waals surface area contributed by atoms with E-state index in [1.165, 1.54) is 19.5 Å². The zero-order valence-electron chi connectivity index (χ0n) is 16.5. The normalized spacial score (nSPS) is 11.8. The second-order valence-corrected chi connectivity index (χ2v) is 15.1. The van der Waals surface area contributed by atoms with E-state index in [1.54, 1.807) is 11.3 Å². The third-order valence-electron chi connectivity index (χ3n) is 4.91. The minimum atomic E-state index is -1.48. The lowest BCUT2D eigenvalue weighted by Crippen LogP contribution is -2.16.